The fourth-order valence-corrected chi connectivity index (χ4v) is 9.64. The van der Waals surface area contributed by atoms with Crippen LogP contribution in [0.2, 0.25) is 18.1 Å². The highest BCUT2D eigenvalue weighted by Crippen LogP contribution is 2.66. The van der Waals surface area contributed by atoms with E-state index in [2.05, 4.69) is 47.7 Å². The van der Waals surface area contributed by atoms with E-state index in [9.17, 15) is 10.1 Å². The number of rotatable bonds is 3. The van der Waals surface area contributed by atoms with Gasteiger partial charge in [-0.05, 0) is 98.6 Å². The smallest absolute Gasteiger partial charge is 0.218 e. The highest BCUT2D eigenvalue weighted by molar-refractivity contribution is 6.74. The first-order valence-electron chi connectivity index (χ1n) is 12.6. The van der Waals surface area contributed by atoms with Crippen molar-refractivity contribution in [1.29, 1.82) is 0 Å². The normalized spacial score (nSPS) is 46.6. The maximum absolute atomic E-state index is 11.7. The molecule has 0 N–H and O–H groups in total. The molecule has 0 aromatic carbocycles. The van der Waals surface area contributed by atoms with Crippen molar-refractivity contribution in [3.05, 3.63) is 10.1 Å². The van der Waals surface area contributed by atoms with Crippen molar-refractivity contribution in [2.75, 3.05) is 0 Å². The lowest BCUT2D eigenvalue weighted by atomic mass is 9.45. The van der Waals surface area contributed by atoms with Gasteiger partial charge in [-0.25, -0.2) is 0 Å². The molecule has 4 saturated carbocycles. The molecule has 5 heteroatoms. The minimum atomic E-state index is -1.72. The molecule has 0 unspecified atom stereocenters. The fourth-order valence-electron chi connectivity index (χ4n) is 8.24. The quantitative estimate of drug-likeness (QED) is 0.271. The highest BCUT2D eigenvalue weighted by atomic mass is 28.4. The van der Waals surface area contributed by atoms with Crippen molar-refractivity contribution in [3.63, 3.8) is 0 Å². The summed E-state index contributed by atoms with van der Waals surface area (Å²) in [6, 6.07) is -0.303. The molecule has 0 saturated heterocycles. The van der Waals surface area contributed by atoms with Crippen LogP contribution in [0, 0.1) is 44.6 Å². The Hall–Kier alpha value is -0.423. The Balaban J connectivity index is 1.48. The maximum atomic E-state index is 11.7. The Labute approximate surface area is 185 Å². The standard InChI is InChI=1S/C25H45NO3Si/c1-23(2,3)30(6,7)29-18-12-14-24(4)17(16-18)8-9-19-20-10-11-22(26(27)28)25(20,5)15-13-21(19)24/h17-22H,8-16H2,1-7H3/t17-,18+,19-,20-,21-,22-,24-,25-/m0/s1. The van der Waals surface area contributed by atoms with Crippen molar-refractivity contribution in [2.45, 2.75) is 123 Å². The molecule has 8 atom stereocenters. The van der Waals surface area contributed by atoms with E-state index in [1.165, 1.54) is 38.5 Å². The van der Waals surface area contributed by atoms with Crippen LogP contribution >= 0.6 is 0 Å². The number of nitrogens with zero attached hydrogens (tertiary/aromatic N) is 1. The first-order chi connectivity index (χ1) is 13.8. The highest BCUT2D eigenvalue weighted by Gasteiger charge is 2.63. The summed E-state index contributed by atoms with van der Waals surface area (Å²) in [5, 5.41) is 12.0. The summed E-state index contributed by atoms with van der Waals surface area (Å²) < 4.78 is 6.86. The van der Waals surface area contributed by atoms with Crippen molar-refractivity contribution < 1.29 is 9.35 Å². The molecular weight excluding hydrogens is 390 g/mol. The van der Waals surface area contributed by atoms with Crippen LogP contribution in [0.25, 0.3) is 0 Å². The van der Waals surface area contributed by atoms with Gasteiger partial charge in [0, 0.05) is 22.9 Å². The topological polar surface area (TPSA) is 52.4 Å². The molecule has 30 heavy (non-hydrogen) atoms. The third kappa shape index (κ3) is 3.41. The van der Waals surface area contributed by atoms with Crippen molar-refractivity contribution in [2.24, 2.45) is 34.5 Å². The lowest BCUT2D eigenvalue weighted by Crippen LogP contribution is -2.56. The predicted octanol–water partition coefficient (Wildman–Crippen LogP) is 7.06. The molecule has 0 radical (unpaired) electrons. The van der Waals surface area contributed by atoms with E-state index in [4.69, 9.17) is 4.43 Å². The Morgan fingerprint density at radius 1 is 0.933 bits per heavy atom. The SMILES string of the molecule is CC(C)(C)[Si](C)(C)O[C@@H]1CC[C@@]2(C)[C@@H](CC[C@@H]3[C@@H]2CC[C@]2(C)[C@@H]([N+](=O)[O-])CC[C@@H]32)C1. The van der Waals surface area contributed by atoms with E-state index in [0.717, 1.165) is 31.1 Å². The number of hydrogen-bond donors (Lipinski definition) is 0. The average Bonchev–Trinajstić information content (AvgIpc) is 2.98. The molecule has 172 valence electrons. The minimum Gasteiger partial charge on any atom is -0.414 e. The number of fused-ring (bicyclic) bond motifs is 5. The van der Waals surface area contributed by atoms with E-state index in [1.54, 1.807) is 0 Å². The first kappa shape index (κ1) is 22.8. The van der Waals surface area contributed by atoms with Crippen LogP contribution in [0.1, 0.15) is 92.4 Å². The van der Waals surface area contributed by atoms with Crippen LogP contribution < -0.4 is 0 Å². The van der Waals surface area contributed by atoms with Crippen LogP contribution in [-0.4, -0.2) is 25.4 Å². The van der Waals surface area contributed by atoms with E-state index < -0.39 is 8.32 Å². The summed E-state index contributed by atoms with van der Waals surface area (Å²) in [6.45, 7) is 16.7. The number of hydrogen-bond acceptors (Lipinski definition) is 3. The molecule has 0 aromatic rings. The van der Waals surface area contributed by atoms with E-state index in [0.29, 0.717) is 23.4 Å². The lowest BCUT2D eigenvalue weighted by Gasteiger charge is -2.60. The average molecular weight is 436 g/mol. The molecule has 4 rings (SSSR count). The summed E-state index contributed by atoms with van der Waals surface area (Å²) in [5.41, 5.74) is 0.362. The van der Waals surface area contributed by atoms with E-state index >= 15 is 0 Å². The van der Waals surface area contributed by atoms with Gasteiger partial charge in [-0.15, -0.1) is 0 Å². The Bertz CT molecular complexity index is 688. The van der Waals surface area contributed by atoms with Gasteiger partial charge in [0.25, 0.3) is 0 Å². The molecule has 4 nitrogen and oxygen atoms in total. The molecule has 4 aliphatic carbocycles. The molecule has 0 spiro atoms. The summed E-state index contributed by atoms with van der Waals surface area (Å²) in [4.78, 5) is 11.8. The minimum absolute atomic E-state index is 0.0527. The zero-order chi connectivity index (χ0) is 22.1. The van der Waals surface area contributed by atoms with E-state index in [1.807, 2.05) is 0 Å². The fraction of sp³-hybridized carbons (Fsp3) is 1.00. The molecule has 0 aromatic heterocycles. The predicted molar refractivity (Wildman–Crippen MR) is 125 cm³/mol. The second kappa shape index (κ2) is 7.30. The summed E-state index contributed by atoms with van der Waals surface area (Å²) in [5.74, 6) is 2.84. The van der Waals surface area contributed by atoms with Gasteiger partial charge in [0.05, 0.1) is 0 Å². The summed E-state index contributed by atoms with van der Waals surface area (Å²) in [6.07, 6.45) is 11.0. The third-order valence-corrected chi connectivity index (χ3v) is 15.6. The molecule has 0 heterocycles. The monoisotopic (exact) mass is 435 g/mol. The zero-order valence-electron chi connectivity index (χ0n) is 20.5. The van der Waals surface area contributed by atoms with Gasteiger partial charge in [0.2, 0.25) is 6.04 Å². The molecule has 0 bridgehead atoms. The third-order valence-electron chi connectivity index (χ3n) is 11.1. The van der Waals surface area contributed by atoms with Crippen molar-refractivity contribution >= 4 is 8.32 Å². The van der Waals surface area contributed by atoms with Gasteiger partial charge < -0.3 is 4.43 Å². The second-order valence-corrected chi connectivity index (χ2v) is 18.1. The van der Waals surface area contributed by atoms with Gasteiger partial charge in [-0.3, -0.25) is 10.1 Å². The zero-order valence-corrected chi connectivity index (χ0v) is 21.5. The van der Waals surface area contributed by atoms with Gasteiger partial charge >= 0.3 is 0 Å². The summed E-state index contributed by atoms with van der Waals surface area (Å²) in [7, 11) is -1.72. The summed E-state index contributed by atoms with van der Waals surface area (Å²) >= 11 is 0. The van der Waals surface area contributed by atoms with Crippen LogP contribution in [0.4, 0.5) is 0 Å². The Kier molecular flexibility index (Phi) is 5.54. The van der Waals surface area contributed by atoms with Crippen LogP contribution in [0.3, 0.4) is 0 Å². The molecule has 4 aliphatic rings. The van der Waals surface area contributed by atoms with Gasteiger partial charge in [0.1, 0.15) is 0 Å². The van der Waals surface area contributed by atoms with Crippen LogP contribution in [-0.2, 0) is 4.43 Å². The largest absolute Gasteiger partial charge is 0.414 e. The molecule has 0 aliphatic heterocycles. The van der Waals surface area contributed by atoms with Gasteiger partial charge in [-0.2, -0.15) is 0 Å². The molecule has 0 amide bonds. The first-order valence-corrected chi connectivity index (χ1v) is 15.5. The Morgan fingerprint density at radius 2 is 1.57 bits per heavy atom. The van der Waals surface area contributed by atoms with Gasteiger partial charge in [-0.1, -0.05) is 34.6 Å². The van der Waals surface area contributed by atoms with E-state index in [-0.39, 0.29) is 21.4 Å². The van der Waals surface area contributed by atoms with Crippen molar-refractivity contribution in [1.82, 2.24) is 0 Å². The molecular formula is C25H45NO3Si. The van der Waals surface area contributed by atoms with Crippen LogP contribution in [0.15, 0.2) is 0 Å². The Morgan fingerprint density at radius 3 is 2.20 bits per heavy atom. The lowest BCUT2D eigenvalue weighted by molar-refractivity contribution is -0.540. The van der Waals surface area contributed by atoms with Crippen molar-refractivity contribution in [3.8, 4) is 0 Å². The molecule has 4 fully saturated rings. The van der Waals surface area contributed by atoms with Gasteiger partial charge in [0.15, 0.2) is 8.32 Å². The number of nitro groups is 1. The maximum Gasteiger partial charge on any atom is 0.218 e. The van der Waals surface area contributed by atoms with Crippen LogP contribution in [0.5, 0.6) is 0 Å². The second-order valence-electron chi connectivity index (χ2n) is 13.4.